The van der Waals surface area contributed by atoms with Crippen molar-refractivity contribution in [3.63, 3.8) is 0 Å². The van der Waals surface area contributed by atoms with Crippen molar-refractivity contribution in [2.45, 2.75) is 43.5 Å². The van der Waals surface area contributed by atoms with E-state index in [0.717, 1.165) is 59.6 Å². The van der Waals surface area contributed by atoms with E-state index in [4.69, 9.17) is 9.47 Å². The van der Waals surface area contributed by atoms with Crippen LogP contribution in [0.3, 0.4) is 0 Å². The van der Waals surface area contributed by atoms with Gasteiger partial charge in [0.05, 0.1) is 5.60 Å². The minimum absolute atomic E-state index is 0.253. The Kier molecular flexibility index (Phi) is 5.52. The zero-order valence-corrected chi connectivity index (χ0v) is 16.4. The molecule has 1 aromatic carbocycles. The summed E-state index contributed by atoms with van der Waals surface area (Å²) in [6.07, 6.45) is 6.35. The highest BCUT2D eigenvalue weighted by molar-refractivity contribution is 7.99. The van der Waals surface area contributed by atoms with Crippen molar-refractivity contribution in [3.8, 4) is 11.5 Å². The lowest BCUT2D eigenvalue weighted by molar-refractivity contribution is -0.0278. The van der Waals surface area contributed by atoms with E-state index in [-0.39, 0.29) is 6.79 Å². The molecule has 0 spiro atoms. The Morgan fingerprint density at radius 3 is 2.63 bits per heavy atom. The van der Waals surface area contributed by atoms with Gasteiger partial charge in [-0.15, -0.1) is 0 Å². The largest absolute Gasteiger partial charge is 0.454 e. The van der Waals surface area contributed by atoms with Crippen molar-refractivity contribution in [2.75, 3.05) is 25.6 Å². The van der Waals surface area contributed by atoms with E-state index in [1.807, 2.05) is 30.6 Å². The van der Waals surface area contributed by atoms with Gasteiger partial charge in [0.1, 0.15) is 0 Å². The van der Waals surface area contributed by atoms with Crippen molar-refractivity contribution in [1.29, 1.82) is 0 Å². The van der Waals surface area contributed by atoms with Gasteiger partial charge in [0.2, 0.25) is 6.79 Å². The Bertz CT molecular complexity index is 777. The molecule has 144 valence electrons. The molecule has 1 N–H and O–H groups in total. The summed E-state index contributed by atoms with van der Waals surface area (Å²) in [6.45, 7) is 4.88. The van der Waals surface area contributed by atoms with Gasteiger partial charge < -0.3 is 14.6 Å². The highest BCUT2D eigenvalue weighted by atomic mass is 32.2. The monoisotopic (exact) mass is 387 g/mol. The fourth-order valence-corrected chi connectivity index (χ4v) is 4.15. The number of hydrogen-bond donors (Lipinski definition) is 1. The first-order valence-corrected chi connectivity index (χ1v) is 10.4. The van der Waals surface area contributed by atoms with Crippen LogP contribution in [0.1, 0.15) is 37.3 Å². The Hall–Kier alpha value is -1.83. The molecule has 6 nitrogen and oxygen atoms in total. The van der Waals surface area contributed by atoms with Crippen molar-refractivity contribution in [2.24, 2.45) is 0 Å². The van der Waals surface area contributed by atoms with E-state index >= 15 is 0 Å². The molecule has 2 aliphatic rings. The maximum atomic E-state index is 11.1. The molecule has 2 aromatic rings. The number of piperidine rings is 1. The third-order valence-electron chi connectivity index (χ3n) is 5.12. The number of hydrogen-bond acceptors (Lipinski definition) is 7. The molecule has 7 heteroatoms. The molecule has 0 saturated carbocycles. The van der Waals surface area contributed by atoms with Gasteiger partial charge in [-0.25, -0.2) is 9.97 Å². The number of likely N-dealkylation sites (tertiary alicyclic amines) is 1. The molecule has 2 aliphatic heterocycles. The molecule has 1 fully saturated rings. The van der Waals surface area contributed by atoms with E-state index in [9.17, 15) is 5.11 Å². The lowest BCUT2D eigenvalue weighted by atomic mass is 9.84. The Morgan fingerprint density at radius 2 is 1.89 bits per heavy atom. The Balaban J connectivity index is 1.34. The summed E-state index contributed by atoms with van der Waals surface area (Å²) >= 11 is 1.69. The standard InChI is InChI=1S/C20H25N3O3S/c1-2-9-27-19-21-11-15(12-22-19)13-23-7-5-20(24,6-8-23)16-3-4-17-18(10-16)26-14-25-17/h3-4,10-12,24H,2,5-9,13-14H2,1H3. The average molecular weight is 388 g/mol. The molecule has 4 rings (SSSR count). The maximum Gasteiger partial charge on any atom is 0.231 e. The molecule has 0 unspecified atom stereocenters. The van der Waals surface area contributed by atoms with Crippen LogP contribution in [-0.2, 0) is 12.1 Å². The van der Waals surface area contributed by atoms with Crippen LogP contribution in [0.15, 0.2) is 35.7 Å². The fraction of sp³-hybridized carbons (Fsp3) is 0.500. The second-order valence-corrected chi connectivity index (χ2v) is 8.16. The molecule has 0 aliphatic carbocycles. The van der Waals surface area contributed by atoms with Crippen LogP contribution < -0.4 is 9.47 Å². The van der Waals surface area contributed by atoms with Crippen molar-refractivity contribution < 1.29 is 14.6 Å². The number of rotatable bonds is 6. The summed E-state index contributed by atoms with van der Waals surface area (Å²) in [5.74, 6) is 2.52. The quantitative estimate of drug-likeness (QED) is 0.603. The van der Waals surface area contributed by atoms with E-state index < -0.39 is 5.60 Å². The first-order valence-electron chi connectivity index (χ1n) is 9.45. The Morgan fingerprint density at radius 1 is 1.15 bits per heavy atom. The van der Waals surface area contributed by atoms with E-state index in [1.165, 1.54) is 0 Å². The topological polar surface area (TPSA) is 67.7 Å². The van der Waals surface area contributed by atoms with Gasteiger partial charge in [0.25, 0.3) is 0 Å². The molecule has 27 heavy (non-hydrogen) atoms. The molecule has 0 amide bonds. The number of aromatic nitrogens is 2. The van der Waals surface area contributed by atoms with Crippen LogP contribution in [0.25, 0.3) is 0 Å². The molecule has 3 heterocycles. The van der Waals surface area contributed by atoms with Crippen LogP contribution in [0.2, 0.25) is 0 Å². The first kappa shape index (κ1) is 18.5. The Labute approximate surface area is 163 Å². The van der Waals surface area contributed by atoms with Gasteiger partial charge in [0, 0.05) is 43.3 Å². The molecule has 0 bridgehead atoms. The number of ether oxygens (including phenoxy) is 2. The van der Waals surface area contributed by atoms with Crippen LogP contribution in [0, 0.1) is 0 Å². The number of benzene rings is 1. The zero-order valence-electron chi connectivity index (χ0n) is 15.6. The van der Waals surface area contributed by atoms with Gasteiger partial charge >= 0.3 is 0 Å². The van der Waals surface area contributed by atoms with E-state index in [0.29, 0.717) is 12.8 Å². The predicted octanol–water partition coefficient (Wildman–Crippen LogP) is 3.19. The SMILES string of the molecule is CCCSc1ncc(CN2CCC(O)(c3ccc4c(c3)OCO4)CC2)cn1. The van der Waals surface area contributed by atoms with Gasteiger partial charge in [-0.05, 0) is 37.0 Å². The van der Waals surface area contributed by atoms with Crippen molar-refractivity contribution in [3.05, 3.63) is 41.7 Å². The van der Waals surface area contributed by atoms with Gasteiger partial charge in [-0.1, -0.05) is 24.8 Å². The predicted molar refractivity (Wildman–Crippen MR) is 104 cm³/mol. The second-order valence-electron chi connectivity index (χ2n) is 7.10. The summed E-state index contributed by atoms with van der Waals surface area (Å²) in [5.41, 5.74) is 1.21. The van der Waals surface area contributed by atoms with E-state index in [2.05, 4.69) is 21.8 Å². The van der Waals surface area contributed by atoms with Gasteiger partial charge in [-0.2, -0.15) is 0 Å². The molecule has 0 radical (unpaired) electrons. The summed E-state index contributed by atoms with van der Waals surface area (Å²) in [5, 5.41) is 12.0. The van der Waals surface area contributed by atoms with Crippen LogP contribution in [0.4, 0.5) is 0 Å². The molecule has 0 atom stereocenters. The second kappa shape index (κ2) is 8.04. The minimum atomic E-state index is -0.811. The number of thioether (sulfide) groups is 1. The highest BCUT2D eigenvalue weighted by Crippen LogP contribution is 2.39. The summed E-state index contributed by atoms with van der Waals surface area (Å²) in [6, 6.07) is 5.75. The van der Waals surface area contributed by atoms with E-state index in [1.54, 1.807) is 11.8 Å². The minimum Gasteiger partial charge on any atom is -0.454 e. The summed E-state index contributed by atoms with van der Waals surface area (Å²) in [7, 11) is 0. The average Bonchev–Trinajstić information content (AvgIpc) is 3.17. The lowest BCUT2D eigenvalue weighted by Gasteiger charge is -2.38. The number of aliphatic hydroxyl groups is 1. The fourth-order valence-electron chi connectivity index (χ4n) is 3.51. The summed E-state index contributed by atoms with van der Waals surface area (Å²) < 4.78 is 10.8. The maximum absolute atomic E-state index is 11.1. The van der Waals surface area contributed by atoms with Gasteiger partial charge in [-0.3, -0.25) is 4.90 Å². The number of nitrogens with zero attached hydrogens (tertiary/aromatic N) is 3. The van der Waals surface area contributed by atoms with Crippen molar-refractivity contribution >= 4 is 11.8 Å². The molecular weight excluding hydrogens is 362 g/mol. The highest BCUT2D eigenvalue weighted by Gasteiger charge is 2.35. The molecular formula is C20H25N3O3S. The third-order valence-corrected chi connectivity index (χ3v) is 6.20. The normalized spacial score (nSPS) is 18.6. The third kappa shape index (κ3) is 4.20. The smallest absolute Gasteiger partial charge is 0.231 e. The van der Waals surface area contributed by atoms with Crippen LogP contribution in [0.5, 0.6) is 11.5 Å². The lowest BCUT2D eigenvalue weighted by Crippen LogP contribution is -2.42. The molecule has 1 saturated heterocycles. The zero-order chi connectivity index (χ0) is 18.7. The number of fused-ring (bicyclic) bond motifs is 1. The van der Waals surface area contributed by atoms with Gasteiger partial charge in [0.15, 0.2) is 16.7 Å². The summed E-state index contributed by atoms with van der Waals surface area (Å²) in [4.78, 5) is 11.2. The molecule has 1 aromatic heterocycles. The van der Waals surface area contributed by atoms with Crippen LogP contribution >= 0.6 is 11.8 Å². The van der Waals surface area contributed by atoms with Crippen molar-refractivity contribution in [1.82, 2.24) is 14.9 Å². The van der Waals surface area contributed by atoms with Crippen LogP contribution in [-0.4, -0.2) is 45.6 Å². The first-order chi connectivity index (χ1) is 13.2.